The lowest BCUT2D eigenvalue weighted by atomic mass is 10.1. The number of nitrogens with zero attached hydrogens (tertiary/aromatic N) is 3. The quantitative estimate of drug-likeness (QED) is 0.524. The van der Waals surface area contributed by atoms with E-state index in [-0.39, 0.29) is 18.1 Å². The van der Waals surface area contributed by atoms with Gasteiger partial charge in [0.05, 0.1) is 41.6 Å². The van der Waals surface area contributed by atoms with Gasteiger partial charge in [-0.15, -0.1) is 0 Å². The highest BCUT2D eigenvalue weighted by atomic mass is 16.5. The zero-order valence-corrected chi connectivity index (χ0v) is 19.2. The lowest BCUT2D eigenvalue weighted by molar-refractivity contribution is -0.0586. The van der Waals surface area contributed by atoms with Crippen LogP contribution in [0.25, 0.3) is 11.0 Å². The van der Waals surface area contributed by atoms with Crippen LogP contribution in [-0.4, -0.2) is 59.7 Å². The molecule has 172 valence electrons. The normalized spacial score (nSPS) is 18.1. The zero-order chi connectivity index (χ0) is 23.5. The SMILES string of the molecule is CCNc1cc(Nc2ccc(C(=O)N3C[C@@H](C)O[C@@H](C)C3)cc2OC)nc2[nH]cc(C#N)c12. The summed E-state index contributed by atoms with van der Waals surface area (Å²) in [4.78, 5) is 22.5. The van der Waals surface area contributed by atoms with Crippen LogP contribution in [-0.2, 0) is 4.74 Å². The smallest absolute Gasteiger partial charge is 0.254 e. The lowest BCUT2D eigenvalue weighted by Crippen LogP contribution is -2.48. The Morgan fingerprint density at radius 1 is 1.30 bits per heavy atom. The number of ether oxygens (including phenoxy) is 2. The Bertz CT molecular complexity index is 1200. The van der Waals surface area contributed by atoms with Crippen LogP contribution in [0.4, 0.5) is 17.2 Å². The number of hydrogen-bond acceptors (Lipinski definition) is 7. The number of aromatic nitrogens is 2. The number of morpholine rings is 1. The van der Waals surface area contributed by atoms with Gasteiger partial charge in [-0.25, -0.2) is 4.98 Å². The average molecular weight is 449 g/mol. The van der Waals surface area contributed by atoms with E-state index in [1.54, 1.807) is 25.4 Å². The van der Waals surface area contributed by atoms with Gasteiger partial charge in [-0.05, 0) is 39.0 Å². The summed E-state index contributed by atoms with van der Waals surface area (Å²) in [6.45, 7) is 7.75. The summed E-state index contributed by atoms with van der Waals surface area (Å²) in [5.41, 5.74) is 3.18. The molecule has 2 atom stereocenters. The Morgan fingerprint density at radius 3 is 2.73 bits per heavy atom. The van der Waals surface area contributed by atoms with Gasteiger partial charge in [0, 0.05) is 37.5 Å². The standard InChI is InChI=1S/C24H28N6O3/c1-5-26-19-9-21(29-23-22(19)17(10-25)11-27-23)28-18-7-6-16(8-20(18)32-4)24(31)30-12-14(2)33-15(3)13-30/h6-9,11,14-15H,5,12-13H2,1-4H3,(H3,26,27,28,29)/t14-,15+. The number of nitriles is 1. The van der Waals surface area contributed by atoms with Crippen molar-refractivity contribution in [3.8, 4) is 11.8 Å². The molecule has 33 heavy (non-hydrogen) atoms. The van der Waals surface area contributed by atoms with E-state index >= 15 is 0 Å². The number of anilines is 3. The number of benzene rings is 1. The maximum absolute atomic E-state index is 13.1. The van der Waals surface area contributed by atoms with Crippen molar-refractivity contribution in [1.82, 2.24) is 14.9 Å². The van der Waals surface area contributed by atoms with E-state index in [4.69, 9.17) is 9.47 Å². The third-order valence-corrected chi connectivity index (χ3v) is 5.55. The predicted molar refractivity (Wildman–Crippen MR) is 127 cm³/mol. The lowest BCUT2D eigenvalue weighted by Gasteiger charge is -2.35. The molecule has 0 spiro atoms. The van der Waals surface area contributed by atoms with E-state index in [2.05, 4.69) is 26.7 Å². The van der Waals surface area contributed by atoms with Crippen molar-refractivity contribution in [2.75, 3.05) is 37.4 Å². The number of amides is 1. The summed E-state index contributed by atoms with van der Waals surface area (Å²) in [6, 6.07) is 9.38. The molecule has 1 amide bonds. The Morgan fingerprint density at radius 2 is 2.06 bits per heavy atom. The van der Waals surface area contributed by atoms with Crippen molar-refractivity contribution < 1.29 is 14.3 Å². The molecule has 1 fully saturated rings. The molecule has 2 aromatic heterocycles. The number of rotatable bonds is 6. The maximum atomic E-state index is 13.1. The fourth-order valence-corrected chi connectivity index (χ4v) is 4.21. The number of methoxy groups -OCH3 is 1. The van der Waals surface area contributed by atoms with E-state index in [0.29, 0.717) is 53.7 Å². The van der Waals surface area contributed by atoms with E-state index in [1.807, 2.05) is 37.8 Å². The molecule has 3 heterocycles. The van der Waals surface area contributed by atoms with Crippen LogP contribution in [0.3, 0.4) is 0 Å². The first kappa shape index (κ1) is 22.4. The minimum absolute atomic E-state index is 0.00185. The van der Waals surface area contributed by atoms with Crippen LogP contribution >= 0.6 is 0 Å². The Hall–Kier alpha value is -3.77. The Kier molecular flexibility index (Phi) is 6.38. The summed E-state index contributed by atoms with van der Waals surface area (Å²) < 4.78 is 11.3. The molecule has 0 radical (unpaired) electrons. The van der Waals surface area contributed by atoms with Crippen molar-refractivity contribution in [3.05, 3.63) is 41.6 Å². The van der Waals surface area contributed by atoms with Crippen LogP contribution in [0, 0.1) is 11.3 Å². The van der Waals surface area contributed by atoms with Crippen molar-refractivity contribution >= 4 is 34.1 Å². The molecule has 1 aromatic carbocycles. The van der Waals surface area contributed by atoms with Gasteiger partial charge in [-0.3, -0.25) is 4.79 Å². The highest BCUT2D eigenvalue weighted by Crippen LogP contribution is 2.33. The number of hydrogen-bond donors (Lipinski definition) is 3. The van der Waals surface area contributed by atoms with Crippen molar-refractivity contribution in [2.24, 2.45) is 0 Å². The Balaban J connectivity index is 1.62. The minimum Gasteiger partial charge on any atom is -0.495 e. The summed E-state index contributed by atoms with van der Waals surface area (Å²) >= 11 is 0. The van der Waals surface area contributed by atoms with Gasteiger partial charge in [-0.2, -0.15) is 5.26 Å². The highest BCUT2D eigenvalue weighted by molar-refractivity contribution is 5.97. The Labute approximate surface area is 192 Å². The van der Waals surface area contributed by atoms with Crippen LogP contribution in [0.5, 0.6) is 5.75 Å². The van der Waals surface area contributed by atoms with E-state index < -0.39 is 0 Å². The second kappa shape index (κ2) is 9.38. The first-order valence-electron chi connectivity index (χ1n) is 11.0. The van der Waals surface area contributed by atoms with Crippen LogP contribution < -0.4 is 15.4 Å². The molecule has 3 aromatic rings. The molecular weight excluding hydrogens is 420 g/mol. The summed E-state index contributed by atoms with van der Waals surface area (Å²) in [5.74, 6) is 1.07. The van der Waals surface area contributed by atoms with Crippen molar-refractivity contribution in [2.45, 2.75) is 33.0 Å². The van der Waals surface area contributed by atoms with E-state index in [1.165, 1.54) is 0 Å². The zero-order valence-electron chi connectivity index (χ0n) is 19.2. The molecule has 9 nitrogen and oxygen atoms in total. The number of H-pyrrole nitrogens is 1. The molecule has 1 saturated heterocycles. The number of pyridine rings is 1. The molecular formula is C24H28N6O3. The molecule has 0 unspecified atom stereocenters. The molecule has 1 aliphatic heterocycles. The predicted octanol–water partition coefficient (Wildman–Crippen LogP) is 3.87. The monoisotopic (exact) mass is 448 g/mol. The highest BCUT2D eigenvalue weighted by Gasteiger charge is 2.27. The van der Waals surface area contributed by atoms with Gasteiger partial charge in [0.15, 0.2) is 0 Å². The molecule has 4 rings (SSSR count). The molecule has 0 aliphatic carbocycles. The van der Waals surface area contributed by atoms with Gasteiger partial charge in [0.2, 0.25) is 0 Å². The number of carbonyl (C=O) groups excluding carboxylic acids is 1. The number of nitrogens with one attached hydrogen (secondary N) is 3. The van der Waals surface area contributed by atoms with Crippen LogP contribution in [0.2, 0.25) is 0 Å². The summed E-state index contributed by atoms with van der Waals surface area (Å²) in [7, 11) is 1.57. The first-order chi connectivity index (χ1) is 15.9. The van der Waals surface area contributed by atoms with Crippen molar-refractivity contribution in [1.29, 1.82) is 5.26 Å². The number of aromatic amines is 1. The summed E-state index contributed by atoms with van der Waals surface area (Å²) in [6.07, 6.45) is 1.65. The second-order valence-electron chi connectivity index (χ2n) is 8.13. The number of fused-ring (bicyclic) bond motifs is 1. The topological polar surface area (TPSA) is 115 Å². The largest absolute Gasteiger partial charge is 0.495 e. The number of carbonyl (C=O) groups is 1. The molecule has 3 N–H and O–H groups in total. The van der Waals surface area contributed by atoms with Crippen molar-refractivity contribution in [3.63, 3.8) is 0 Å². The fourth-order valence-electron chi connectivity index (χ4n) is 4.21. The first-order valence-corrected chi connectivity index (χ1v) is 11.0. The van der Waals surface area contributed by atoms with Gasteiger partial charge in [0.1, 0.15) is 23.3 Å². The third-order valence-electron chi connectivity index (χ3n) is 5.55. The van der Waals surface area contributed by atoms with Gasteiger partial charge < -0.3 is 30.0 Å². The molecule has 0 bridgehead atoms. The van der Waals surface area contributed by atoms with E-state index in [0.717, 1.165) is 11.1 Å². The van der Waals surface area contributed by atoms with Crippen LogP contribution in [0.1, 0.15) is 36.7 Å². The van der Waals surface area contributed by atoms with Crippen LogP contribution in [0.15, 0.2) is 30.5 Å². The molecule has 0 saturated carbocycles. The minimum atomic E-state index is -0.0498. The third kappa shape index (κ3) is 4.56. The fraction of sp³-hybridized carbons (Fsp3) is 0.375. The molecule has 9 heteroatoms. The molecule has 1 aliphatic rings. The van der Waals surface area contributed by atoms with Gasteiger partial charge >= 0.3 is 0 Å². The van der Waals surface area contributed by atoms with Gasteiger partial charge in [0.25, 0.3) is 5.91 Å². The maximum Gasteiger partial charge on any atom is 0.254 e. The second-order valence-corrected chi connectivity index (χ2v) is 8.13. The summed E-state index contributed by atoms with van der Waals surface area (Å²) in [5, 5.41) is 16.7. The average Bonchev–Trinajstić information content (AvgIpc) is 3.21. The van der Waals surface area contributed by atoms with E-state index in [9.17, 15) is 10.1 Å². The van der Waals surface area contributed by atoms with Gasteiger partial charge in [-0.1, -0.05) is 0 Å².